The lowest BCUT2D eigenvalue weighted by atomic mass is 9.85. The molecule has 0 unspecified atom stereocenters. The molecule has 0 radical (unpaired) electrons. The molecule has 0 saturated carbocycles. The molecular formula is C28H35N3O3. The van der Waals surface area contributed by atoms with Crippen molar-refractivity contribution in [2.24, 2.45) is 5.92 Å². The van der Waals surface area contributed by atoms with Gasteiger partial charge in [0.2, 0.25) is 5.91 Å². The summed E-state index contributed by atoms with van der Waals surface area (Å²) in [7, 11) is 0. The number of benzene rings is 1. The minimum atomic E-state index is -0.176. The Morgan fingerprint density at radius 3 is 2.79 bits per heavy atom. The van der Waals surface area contributed by atoms with Gasteiger partial charge in [0.25, 0.3) is 0 Å². The first-order valence-corrected chi connectivity index (χ1v) is 12.6. The maximum absolute atomic E-state index is 12.8. The van der Waals surface area contributed by atoms with Crippen LogP contribution >= 0.6 is 0 Å². The number of aromatic hydroxyl groups is 2. The SMILES string of the molecule is O=C(/C=C/c1ccc(O)c(O)c1)N1CCC[C@@H](CN2CCC(c3c[nH]c4c3CCC=C4)CC2)C1. The first-order chi connectivity index (χ1) is 16.6. The lowest BCUT2D eigenvalue weighted by molar-refractivity contribution is -0.127. The Bertz CT molecular complexity index is 1080. The van der Waals surface area contributed by atoms with E-state index >= 15 is 0 Å². The van der Waals surface area contributed by atoms with Gasteiger partial charge >= 0.3 is 0 Å². The van der Waals surface area contributed by atoms with Gasteiger partial charge in [0.1, 0.15) is 0 Å². The standard InChI is InChI=1S/C28H35N3O3/c32-26-9-7-20(16-27(26)33)8-10-28(34)31-13-3-4-21(19-31)18-30-14-11-22(12-15-30)24-17-29-25-6-2-1-5-23(24)25/h2,6-10,16-17,21-22,29,32-33H,1,3-5,11-15,18-19H2/b10-8+/t21-/m0/s1. The molecule has 3 heterocycles. The van der Waals surface area contributed by atoms with Gasteiger partial charge in [-0.25, -0.2) is 0 Å². The monoisotopic (exact) mass is 461 g/mol. The van der Waals surface area contributed by atoms with E-state index < -0.39 is 0 Å². The lowest BCUT2D eigenvalue weighted by Crippen LogP contribution is -2.44. The topological polar surface area (TPSA) is 79.8 Å². The van der Waals surface area contributed by atoms with Crippen LogP contribution in [0.4, 0.5) is 0 Å². The fourth-order valence-corrected chi connectivity index (χ4v) is 5.83. The number of carbonyl (C=O) groups is 1. The van der Waals surface area contributed by atoms with Gasteiger partial charge in [0, 0.05) is 37.6 Å². The number of aromatic amines is 1. The maximum Gasteiger partial charge on any atom is 0.246 e. The smallest absolute Gasteiger partial charge is 0.246 e. The van der Waals surface area contributed by atoms with E-state index in [0.717, 1.165) is 45.6 Å². The summed E-state index contributed by atoms with van der Waals surface area (Å²) < 4.78 is 0. The van der Waals surface area contributed by atoms with E-state index in [0.29, 0.717) is 17.4 Å². The highest BCUT2D eigenvalue weighted by atomic mass is 16.3. The third kappa shape index (κ3) is 5.07. The van der Waals surface area contributed by atoms with Crippen LogP contribution in [0.3, 0.4) is 0 Å². The number of fused-ring (bicyclic) bond motifs is 1. The molecule has 0 bridgehead atoms. The van der Waals surface area contributed by atoms with Crippen molar-refractivity contribution in [3.63, 3.8) is 0 Å². The molecule has 0 spiro atoms. The summed E-state index contributed by atoms with van der Waals surface area (Å²) in [4.78, 5) is 20.8. The van der Waals surface area contributed by atoms with E-state index in [4.69, 9.17) is 0 Å². The number of piperidine rings is 2. The number of likely N-dealkylation sites (tertiary alicyclic amines) is 2. The number of nitrogens with one attached hydrogen (secondary N) is 1. The molecule has 1 amide bonds. The molecule has 1 aliphatic carbocycles. The number of allylic oxidation sites excluding steroid dienone is 1. The Morgan fingerprint density at radius 2 is 1.97 bits per heavy atom. The molecule has 1 aromatic heterocycles. The van der Waals surface area contributed by atoms with Gasteiger partial charge in [-0.15, -0.1) is 0 Å². The Hall–Kier alpha value is -2.99. The number of phenolic OH excluding ortho intramolecular Hbond substituents is 2. The summed E-state index contributed by atoms with van der Waals surface area (Å²) in [6.07, 6.45) is 17.0. The van der Waals surface area contributed by atoms with Crippen LogP contribution in [0, 0.1) is 5.92 Å². The molecule has 3 N–H and O–H groups in total. The van der Waals surface area contributed by atoms with Crippen LogP contribution in [-0.2, 0) is 11.2 Å². The highest BCUT2D eigenvalue weighted by molar-refractivity contribution is 5.92. The zero-order valence-corrected chi connectivity index (χ0v) is 19.7. The number of carbonyl (C=O) groups excluding carboxylic acids is 1. The van der Waals surface area contributed by atoms with E-state index in [2.05, 4.69) is 28.2 Å². The fourth-order valence-electron chi connectivity index (χ4n) is 5.83. The van der Waals surface area contributed by atoms with Crippen LogP contribution in [0.25, 0.3) is 12.2 Å². The van der Waals surface area contributed by atoms with Crippen LogP contribution in [0.2, 0.25) is 0 Å². The molecule has 1 atom stereocenters. The number of phenols is 2. The van der Waals surface area contributed by atoms with E-state index in [-0.39, 0.29) is 17.4 Å². The van der Waals surface area contributed by atoms with Crippen molar-refractivity contribution in [2.45, 2.75) is 44.4 Å². The van der Waals surface area contributed by atoms with E-state index in [1.807, 2.05) is 4.90 Å². The van der Waals surface area contributed by atoms with Gasteiger partial charge in [0.05, 0.1) is 0 Å². The quantitative estimate of drug-likeness (QED) is 0.452. The second-order valence-electron chi connectivity index (χ2n) is 10.0. The Labute approximate surface area is 201 Å². The van der Waals surface area contributed by atoms with Gasteiger partial charge in [-0.2, -0.15) is 0 Å². The van der Waals surface area contributed by atoms with Gasteiger partial charge in [0.15, 0.2) is 11.5 Å². The summed E-state index contributed by atoms with van der Waals surface area (Å²) in [6.45, 7) is 4.95. The van der Waals surface area contributed by atoms with Crippen molar-refractivity contribution in [1.82, 2.24) is 14.8 Å². The van der Waals surface area contributed by atoms with Crippen molar-refractivity contribution >= 4 is 18.1 Å². The summed E-state index contributed by atoms with van der Waals surface area (Å²) in [5.74, 6) is 0.866. The Kier molecular flexibility index (Phi) is 6.77. The summed E-state index contributed by atoms with van der Waals surface area (Å²) in [5.41, 5.74) is 5.09. The molecule has 2 fully saturated rings. The first kappa shape index (κ1) is 22.8. The van der Waals surface area contributed by atoms with Crippen LogP contribution < -0.4 is 0 Å². The predicted molar refractivity (Wildman–Crippen MR) is 135 cm³/mol. The molecular weight excluding hydrogens is 426 g/mol. The van der Waals surface area contributed by atoms with Crippen LogP contribution in [0.15, 0.2) is 36.5 Å². The van der Waals surface area contributed by atoms with Crippen molar-refractivity contribution in [1.29, 1.82) is 0 Å². The molecule has 3 aliphatic rings. The van der Waals surface area contributed by atoms with Crippen molar-refractivity contribution in [3.05, 3.63) is 58.9 Å². The highest BCUT2D eigenvalue weighted by Crippen LogP contribution is 2.35. The third-order valence-corrected chi connectivity index (χ3v) is 7.69. The summed E-state index contributed by atoms with van der Waals surface area (Å²) >= 11 is 0. The fraction of sp³-hybridized carbons (Fsp3) is 0.464. The van der Waals surface area contributed by atoms with Gasteiger partial charge in [-0.05, 0) is 104 Å². The molecule has 5 rings (SSSR count). The minimum Gasteiger partial charge on any atom is -0.504 e. The first-order valence-electron chi connectivity index (χ1n) is 12.6. The molecule has 180 valence electrons. The van der Waals surface area contributed by atoms with E-state index in [1.54, 1.807) is 23.8 Å². The maximum atomic E-state index is 12.8. The van der Waals surface area contributed by atoms with E-state index in [9.17, 15) is 15.0 Å². The third-order valence-electron chi connectivity index (χ3n) is 7.69. The number of amides is 1. The molecule has 2 aliphatic heterocycles. The Morgan fingerprint density at radius 1 is 1.12 bits per heavy atom. The van der Waals surface area contributed by atoms with Crippen LogP contribution in [0.5, 0.6) is 11.5 Å². The average Bonchev–Trinajstić information content (AvgIpc) is 3.29. The molecule has 6 nitrogen and oxygen atoms in total. The highest BCUT2D eigenvalue weighted by Gasteiger charge is 2.28. The van der Waals surface area contributed by atoms with Gasteiger partial charge in [-0.1, -0.05) is 12.1 Å². The zero-order valence-electron chi connectivity index (χ0n) is 19.7. The lowest BCUT2D eigenvalue weighted by Gasteiger charge is -2.38. The number of H-pyrrole nitrogens is 1. The molecule has 6 heteroatoms. The van der Waals surface area contributed by atoms with Crippen LogP contribution in [-0.4, -0.2) is 63.6 Å². The Balaban J connectivity index is 1.11. The molecule has 34 heavy (non-hydrogen) atoms. The second kappa shape index (κ2) is 10.1. The number of nitrogens with zero attached hydrogens (tertiary/aromatic N) is 2. The number of rotatable bonds is 5. The summed E-state index contributed by atoms with van der Waals surface area (Å²) in [6, 6.07) is 4.57. The predicted octanol–water partition coefficient (Wildman–Crippen LogP) is 4.52. The van der Waals surface area contributed by atoms with Crippen LogP contribution in [0.1, 0.15) is 60.4 Å². The number of hydrogen-bond donors (Lipinski definition) is 3. The van der Waals surface area contributed by atoms with Crippen molar-refractivity contribution in [2.75, 3.05) is 32.7 Å². The number of aromatic nitrogens is 1. The van der Waals surface area contributed by atoms with Crippen molar-refractivity contribution in [3.8, 4) is 11.5 Å². The van der Waals surface area contributed by atoms with Crippen molar-refractivity contribution < 1.29 is 15.0 Å². The molecule has 1 aromatic carbocycles. The van der Waals surface area contributed by atoms with Gasteiger partial charge < -0.3 is 25.0 Å². The normalized spacial score (nSPS) is 21.8. The minimum absolute atomic E-state index is 0.0160. The van der Waals surface area contributed by atoms with E-state index in [1.165, 1.54) is 49.1 Å². The largest absolute Gasteiger partial charge is 0.504 e. The average molecular weight is 462 g/mol. The van der Waals surface area contributed by atoms with Gasteiger partial charge in [-0.3, -0.25) is 4.79 Å². The second-order valence-corrected chi connectivity index (χ2v) is 10.0. The zero-order chi connectivity index (χ0) is 23.5. The number of hydrogen-bond acceptors (Lipinski definition) is 4. The molecule has 2 aromatic rings. The summed E-state index contributed by atoms with van der Waals surface area (Å²) in [5, 5.41) is 19.1. The molecule has 2 saturated heterocycles.